The third-order valence-corrected chi connectivity index (χ3v) is 3.13. The van der Waals surface area contributed by atoms with E-state index in [4.69, 9.17) is 14.9 Å². The molecule has 0 bridgehead atoms. The number of aliphatic carboxylic acids is 1. The minimum Gasteiger partial charge on any atom is -0.479 e. The molecule has 1 fully saturated rings. The Morgan fingerprint density at radius 3 is 2.72 bits per heavy atom. The maximum atomic E-state index is 11.8. The molecule has 0 aromatic heterocycles. The van der Waals surface area contributed by atoms with E-state index in [0.29, 0.717) is 6.61 Å². The largest absolute Gasteiger partial charge is 0.479 e. The number of hydrogen-bond acceptors (Lipinski definition) is 4. The summed E-state index contributed by atoms with van der Waals surface area (Å²) in [5.41, 5.74) is 0. The quantitative estimate of drug-likeness (QED) is 0.627. The molecule has 3 atom stereocenters. The van der Waals surface area contributed by atoms with Crippen LogP contribution in [0.5, 0.6) is 0 Å². The summed E-state index contributed by atoms with van der Waals surface area (Å²) in [6.07, 6.45) is -0.649. The second kappa shape index (κ2) is 6.55. The number of carbonyl (C=O) groups is 2. The number of urea groups is 1. The summed E-state index contributed by atoms with van der Waals surface area (Å²) in [5, 5.41) is 20.1. The van der Waals surface area contributed by atoms with Gasteiger partial charge in [0.25, 0.3) is 0 Å². The summed E-state index contributed by atoms with van der Waals surface area (Å²) in [6, 6.07) is -0.246. The Labute approximate surface area is 106 Å². The van der Waals surface area contributed by atoms with Crippen molar-refractivity contribution < 1.29 is 24.5 Å². The van der Waals surface area contributed by atoms with Crippen LogP contribution >= 0.6 is 0 Å². The lowest BCUT2D eigenvalue weighted by atomic mass is 10.1. The number of hydrogen-bond donors (Lipinski definition) is 3. The number of aliphatic hydroxyl groups is 1. The minimum absolute atomic E-state index is 0.00496. The number of ether oxygens (including phenoxy) is 1. The lowest BCUT2D eigenvalue weighted by Gasteiger charge is -2.27. The lowest BCUT2D eigenvalue weighted by Crippen LogP contribution is -2.47. The summed E-state index contributed by atoms with van der Waals surface area (Å²) in [6.45, 7) is 2.68. The fourth-order valence-corrected chi connectivity index (χ4v) is 1.94. The molecule has 104 valence electrons. The van der Waals surface area contributed by atoms with Crippen LogP contribution in [-0.2, 0) is 9.53 Å². The number of carboxylic acids is 1. The molecule has 0 radical (unpaired) electrons. The monoisotopic (exact) mass is 260 g/mol. The van der Waals surface area contributed by atoms with Gasteiger partial charge in [-0.3, -0.25) is 0 Å². The third-order valence-electron chi connectivity index (χ3n) is 3.13. The van der Waals surface area contributed by atoms with E-state index in [-0.39, 0.29) is 31.1 Å². The molecule has 0 aromatic rings. The fraction of sp³-hybridized carbons (Fsp3) is 0.818. The molecule has 18 heavy (non-hydrogen) atoms. The Bertz CT molecular complexity index is 310. The van der Waals surface area contributed by atoms with Crippen molar-refractivity contribution in [2.24, 2.45) is 0 Å². The standard InChI is InChI=1S/C11H20N2O5/c1-7-8(4-6-18-7)13(2)11(17)12-5-3-9(14)10(15)16/h7-9,14H,3-6H2,1-2H3,(H,12,17)(H,15,16). The molecule has 0 spiro atoms. The lowest BCUT2D eigenvalue weighted by molar-refractivity contribution is -0.146. The molecule has 2 amide bonds. The smallest absolute Gasteiger partial charge is 0.332 e. The van der Waals surface area contributed by atoms with Crippen LogP contribution in [0.1, 0.15) is 19.8 Å². The fourth-order valence-electron chi connectivity index (χ4n) is 1.94. The van der Waals surface area contributed by atoms with Crippen molar-refractivity contribution in [1.29, 1.82) is 0 Å². The van der Waals surface area contributed by atoms with Gasteiger partial charge in [-0.05, 0) is 13.3 Å². The maximum absolute atomic E-state index is 11.8. The molecule has 1 rings (SSSR count). The molecule has 3 unspecified atom stereocenters. The number of carboxylic acid groups (broad SMARTS) is 1. The Morgan fingerprint density at radius 1 is 1.56 bits per heavy atom. The molecule has 0 aromatic carbocycles. The predicted molar refractivity (Wildman–Crippen MR) is 63.2 cm³/mol. The Kier molecular flexibility index (Phi) is 5.36. The normalized spacial score (nSPS) is 24.6. The summed E-state index contributed by atoms with van der Waals surface area (Å²) in [7, 11) is 1.68. The van der Waals surface area contributed by atoms with Crippen molar-refractivity contribution in [3.8, 4) is 0 Å². The number of carbonyl (C=O) groups excluding carboxylic acids is 1. The molecule has 1 saturated heterocycles. The van der Waals surface area contributed by atoms with E-state index in [1.807, 2.05) is 6.92 Å². The van der Waals surface area contributed by atoms with E-state index in [1.165, 1.54) is 0 Å². The highest BCUT2D eigenvalue weighted by atomic mass is 16.5. The van der Waals surface area contributed by atoms with E-state index >= 15 is 0 Å². The molecular formula is C11H20N2O5. The summed E-state index contributed by atoms with van der Waals surface area (Å²) in [4.78, 5) is 23.7. The second-order valence-electron chi connectivity index (χ2n) is 4.42. The molecule has 0 aliphatic carbocycles. The summed E-state index contributed by atoms with van der Waals surface area (Å²) in [5.74, 6) is -1.28. The third kappa shape index (κ3) is 3.85. The van der Waals surface area contributed by atoms with Gasteiger partial charge in [-0.2, -0.15) is 0 Å². The average Bonchev–Trinajstić information content (AvgIpc) is 2.73. The highest BCUT2D eigenvalue weighted by molar-refractivity contribution is 5.75. The first kappa shape index (κ1) is 14.7. The number of amides is 2. The van der Waals surface area contributed by atoms with Gasteiger partial charge in [-0.1, -0.05) is 0 Å². The van der Waals surface area contributed by atoms with Gasteiger partial charge < -0.3 is 25.2 Å². The van der Waals surface area contributed by atoms with Crippen molar-refractivity contribution in [1.82, 2.24) is 10.2 Å². The SMILES string of the molecule is CC1OCCC1N(C)C(=O)NCCC(O)C(=O)O. The van der Waals surface area contributed by atoms with Crippen LogP contribution in [0.25, 0.3) is 0 Å². The van der Waals surface area contributed by atoms with Gasteiger partial charge in [-0.25, -0.2) is 9.59 Å². The van der Waals surface area contributed by atoms with Gasteiger partial charge >= 0.3 is 12.0 Å². The Balaban J connectivity index is 2.30. The Morgan fingerprint density at radius 2 is 2.22 bits per heavy atom. The van der Waals surface area contributed by atoms with Gasteiger partial charge in [0, 0.05) is 26.6 Å². The summed E-state index contributed by atoms with van der Waals surface area (Å²) < 4.78 is 5.37. The van der Waals surface area contributed by atoms with Crippen LogP contribution in [0.2, 0.25) is 0 Å². The zero-order chi connectivity index (χ0) is 13.7. The molecule has 3 N–H and O–H groups in total. The first-order valence-corrected chi connectivity index (χ1v) is 5.96. The van der Waals surface area contributed by atoms with Crippen LogP contribution in [-0.4, -0.2) is 65.6 Å². The number of nitrogens with zero attached hydrogens (tertiary/aromatic N) is 1. The van der Waals surface area contributed by atoms with Crippen molar-refractivity contribution >= 4 is 12.0 Å². The van der Waals surface area contributed by atoms with Gasteiger partial charge in [0.15, 0.2) is 6.10 Å². The van der Waals surface area contributed by atoms with Gasteiger partial charge in [-0.15, -0.1) is 0 Å². The van der Waals surface area contributed by atoms with Crippen molar-refractivity contribution in [2.75, 3.05) is 20.2 Å². The number of likely N-dealkylation sites (N-methyl/N-ethyl adjacent to an activating group) is 1. The minimum atomic E-state index is -1.44. The molecule has 0 saturated carbocycles. The topological polar surface area (TPSA) is 99.1 Å². The zero-order valence-electron chi connectivity index (χ0n) is 10.6. The molecule has 1 aliphatic rings. The van der Waals surface area contributed by atoms with E-state index < -0.39 is 12.1 Å². The molecular weight excluding hydrogens is 240 g/mol. The van der Waals surface area contributed by atoms with E-state index in [1.54, 1.807) is 11.9 Å². The zero-order valence-corrected chi connectivity index (χ0v) is 10.6. The summed E-state index contributed by atoms with van der Waals surface area (Å²) >= 11 is 0. The first-order chi connectivity index (χ1) is 8.43. The van der Waals surface area contributed by atoms with Crippen LogP contribution in [0.15, 0.2) is 0 Å². The van der Waals surface area contributed by atoms with Gasteiger partial charge in [0.05, 0.1) is 12.1 Å². The van der Waals surface area contributed by atoms with Crippen LogP contribution in [0.3, 0.4) is 0 Å². The highest BCUT2D eigenvalue weighted by Crippen LogP contribution is 2.17. The van der Waals surface area contributed by atoms with Crippen molar-refractivity contribution in [3.63, 3.8) is 0 Å². The highest BCUT2D eigenvalue weighted by Gasteiger charge is 2.30. The van der Waals surface area contributed by atoms with Gasteiger partial charge in [0.2, 0.25) is 0 Å². The Hall–Kier alpha value is -1.34. The van der Waals surface area contributed by atoms with E-state index in [0.717, 1.165) is 6.42 Å². The predicted octanol–water partition coefficient (Wildman–Crippen LogP) is -0.359. The van der Waals surface area contributed by atoms with Crippen molar-refractivity contribution in [2.45, 2.75) is 38.0 Å². The number of aliphatic hydroxyl groups excluding tert-OH is 1. The number of nitrogens with one attached hydrogen (secondary N) is 1. The van der Waals surface area contributed by atoms with E-state index in [2.05, 4.69) is 5.32 Å². The van der Waals surface area contributed by atoms with Crippen LogP contribution < -0.4 is 5.32 Å². The molecule has 1 aliphatic heterocycles. The number of rotatable bonds is 5. The first-order valence-electron chi connectivity index (χ1n) is 5.96. The second-order valence-corrected chi connectivity index (χ2v) is 4.42. The molecule has 7 nitrogen and oxygen atoms in total. The van der Waals surface area contributed by atoms with Gasteiger partial charge in [0.1, 0.15) is 0 Å². The molecule has 7 heteroatoms. The van der Waals surface area contributed by atoms with Crippen LogP contribution in [0, 0.1) is 0 Å². The average molecular weight is 260 g/mol. The van der Waals surface area contributed by atoms with Crippen LogP contribution in [0.4, 0.5) is 4.79 Å². The van der Waals surface area contributed by atoms with Crippen molar-refractivity contribution in [3.05, 3.63) is 0 Å². The maximum Gasteiger partial charge on any atom is 0.332 e. The van der Waals surface area contributed by atoms with E-state index in [9.17, 15) is 9.59 Å². The molecule has 1 heterocycles.